The number of amidine groups is 1. The number of amides is 1. The maximum atomic E-state index is 12.7. The van der Waals surface area contributed by atoms with Crippen molar-refractivity contribution in [1.29, 1.82) is 0 Å². The van der Waals surface area contributed by atoms with Gasteiger partial charge >= 0.3 is 0 Å². The Bertz CT molecular complexity index is 842. The van der Waals surface area contributed by atoms with Crippen LogP contribution in [0.4, 0.5) is 0 Å². The fourth-order valence-electron chi connectivity index (χ4n) is 4.50. The number of thioether (sulfide) groups is 1. The van der Waals surface area contributed by atoms with Crippen molar-refractivity contribution in [2.75, 3.05) is 33.1 Å². The number of rotatable bonds is 3. The van der Waals surface area contributed by atoms with E-state index >= 15 is 0 Å². The van der Waals surface area contributed by atoms with Crippen molar-refractivity contribution in [3.63, 3.8) is 0 Å². The molecule has 5 aliphatic rings. The number of aliphatic imine (C=N–C) groups is 1. The van der Waals surface area contributed by atoms with Crippen molar-refractivity contribution in [3.05, 3.63) is 35.2 Å². The lowest BCUT2D eigenvalue weighted by atomic mass is 9.82. The zero-order valence-corrected chi connectivity index (χ0v) is 15.7. The highest BCUT2D eigenvalue weighted by Crippen LogP contribution is 2.51. The molecule has 0 spiro atoms. The van der Waals surface area contributed by atoms with Gasteiger partial charge in [0.15, 0.2) is 5.17 Å². The second-order valence-electron chi connectivity index (χ2n) is 6.99. The predicted molar refractivity (Wildman–Crippen MR) is 100 cm³/mol. The van der Waals surface area contributed by atoms with Crippen molar-refractivity contribution in [2.45, 2.75) is 18.9 Å². The minimum atomic E-state index is -0.187. The molecule has 5 aliphatic heterocycles. The lowest BCUT2D eigenvalue weighted by Crippen LogP contribution is -2.49. The maximum absolute atomic E-state index is 12.7. The molecule has 1 aromatic carbocycles. The molecule has 0 saturated carbocycles. The molecule has 7 heteroatoms. The van der Waals surface area contributed by atoms with Gasteiger partial charge in [-0.05, 0) is 31.0 Å². The van der Waals surface area contributed by atoms with E-state index in [-0.39, 0.29) is 11.9 Å². The number of hydrogen-bond donors (Lipinski definition) is 0. The minimum absolute atomic E-state index is 0.109. The van der Waals surface area contributed by atoms with Gasteiger partial charge in [-0.2, -0.15) is 0 Å². The summed E-state index contributed by atoms with van der Waals surface area (Å²) in [4.78, 5) is 21.9. The number of nitrogens with zero attached hydrogens (tertiary/aromatic N) is 3. The Morgan fingerprint density at radius 1 is 1.19 bits per heavy atom. The maximum Gasteiger partial charge on any atom is 0.239 e. The topological polar surface area (TPSA) is 54.4 Å². The van der Waals surface area contributed by atoms with Crippen LogP contribution in [0.5, 0.6) is 11.5 Å². The first-order chi connectivity index (χ1) is 12.7. The predicted octanol–water partition coefficient (Wildman–Crippen LogP) is 2.63. The van der Waals surface area contributed by atoms with Gasteiger partial charge < -0.3 is 14.4 Å². The van der Waals surface area contributed by atoms with Crippen molar-refractivity contribution in [1.82, 2.24) is 9.80 Å². The first-order valence-electron chi connectivity index (χ1n) is 8.95. The Balaban J connectivity index is 1.73. The number of piperidine rings is 1. The summed E-state index contributed by atoms with van der Waals surface area (Å²) in [5, 5.41) is 0.831. The number of hydrogen-bond acceptors (Lipinski definition) is 6. The monoisotopic (exact) mass is 371 g/mol. The molecule has 5 heterocycles. The minimum Gasteiger partial charge on any atom is -0.497 e. The summed E-state index contributed by atoms with van der Waals surface area (Å²) < 4.78 is 11.1. The fraction of sp³-hybridized carbons (Fsp3) is 0.474. The third-order valence-electron chi connectivity index (χ3n) is 5.75. The zero-order valence-electron chi connectivity index (χ0n) is 14.9. The molecule has 0 aliphatic carbocycles. The molecule has 0 aromatic heterocycles. The Labute approximate surface area is 156 Å². The number of fused-ring (bicyclic) bond motifs is 3. The number of carbonyl (C=O) groups is 1. The number of benzene rings is 1. The highest BCUT2D eigenvalue weighted by Gasteiger charge is 2.48. The van der Waals surface area contributed by atoms with E-state index in [0.717, 1.165) is 48.2 Å². The van der Waals surface area contributed by atoms with E-state index in [0.29, 0.717) is 11.7 Å². The average Bonchev–Trinajstić information content (AvgIpc) is 3.07. The standard InChI is InChI=1S/C19H21N3O3S/c1-24-12-3-4-14(25-2)13(9-12)17-18-16(11-5-7-21(18)8-6-11)20-19-22(17)15(23)10-26-19/h3-4,9,11,17H,5-8,10H2,1-2H3/t17-/m1/s1. The molecule has 6 nitrogen and oxygen atoms in total. The largest absolute Gasteiger partial charge is 0.497 e. The number of carbonyl (C=O) groups excluding carboxylic acids is 1. The summed E-state index contributed by atoms with van der Waals surface area (Å²) in [7, 11) is 3.33. The van der Waals surface area contributed by atoms with Gasteiger partial charge in [-0.15, -0.1) is 0 Å². The zero-order chi connectivity index (χ0) is 17.8. The molecule has 6 rings (SSSR count). The van der Waals surface area contributed by atoms with Gasteiger partial charge in [0.1, 0.15) is 17.5 Å². The molecule has 2 bridgehead atoms. The van der Waals surface area contributed by atoms with Gasteiger partial charge in [-0.1, -0.05) is 11.8 Å². The van der Waals surface area contributed by atoms with Crippen LogP contribution < -0.4 is 9.47 Å². The molecule has 1 aromatic rings. The van der Waals surface area contributed by atoms with Crippen molar-refractivity contribution >= 4 is 22.8 Å². The second-order valence-corrected chi connectivity index (χ2v) is 7.93. The summed E-state index contributed by atoms with van der Waals surface area (Å²) in [5.74, 6) is 2.60. The summed E-state index contributed by atoms with van der Waals surface area (Å²) in [6.45, 7) is 2.07. The molecule has 0 N–H and O–H groups in total. The lowest BCUT2D eigenvalue weighted by Gasteiger charge is -2.49. The van der Waals surface area contributed by atoms with Crippen LogP contribution in [-0.2, 0) is 4.79 Å². The van der Waals surface area contributed by atoms with E-state index < -0.39 is 0 Å². The smallest absolute Gasteiger partial charge is 0.239 e. The number of allylic oxidation sites excluding steroid dienone is 1. The van der Waals surface area contributed by atoms with Crippen LogP contribution in [0.2, 0.25) is 0 Å². The first kappa shape index (κ1) is 16.1. The Morgan fingerprint density at radius 2 is 2.00 bits per heavy atom. The van der Waals surface area contributed by atoms with Crippen LogP contribution in [0, 0.1) is 5.92 Å². The number of methoxy groups -OCH3 is 2. The van der Waals surface area contributed by atoms with Crippen LogP contribution in [-0.4, -0.2) is 53.9 Å². The van der Waals surface area contributed by atoms with Gasteiger partial charge in [-0.3, -0.25) is 9.69 Å². The van der Waals surface area contributed by atoms with Gasteiger partial charge in [0.25, 0.3) is 0 Å². The quantitative estimate of drug-likeness (QED) is 0.818. The average molecular weight is 371 g/mol. The molecule has 0 radical (unpaired) electrons. The third-order valence-corrected chi connectivity index (χ3v) is 6.69. The molecule has 26 heavy (non-hydrogen) atoms. The SMILES string of the molecule is COc1ccc(OC)c([C@@H]2C3=C(N=C4SCC(=O)N42)C2CCN3CC2)c1. The molecule has 2 saturated heterocycles. The van der Waals surface area contributed by atoms with E-state index in [1.165, 1.54) is 11.4 Å². The molecule has 1 amide bonds. The summed E-state index contributed by atoms with van der Waals surface area (Å²) >= 11 is 1.54. The molecular formula is C19H21N3O3S. The van der Waals surface area contributed by atoms with E-state index in [4.69, 9.17) is 14.5 Å². The van der Waals surface area contributed by atoms with Gasteiger partial charge in [0.05, 0.1) is 31.4 Å². The van der Waals surface area contributed by atoms with Crippen molar-refractivity contribution < 1.29 is 14.3 Å². The lowest BCUT2D eigenvalue weighted by molar-refractivity contribution is -0.125. The summed E-state index contributed by atoms with van der Waals surface area (Å²) in [5.41, 5.74) is 3.32. The van der Waals surface area contributed by atoms with E-state index in [9.17, 15) is 4.79 Å². The van der Waals surface area contributed by atoms with Gasteiger partial charge in [0.2, 0.25) is 5.91 Å². The van der Waals surface area contributed by atoms with E-state index in [1.54, 1.807) is 26.0 Å². The molecule has 136 valence electrons. The normalized spacial score (nSPS) is 24.6. The summed E-state index contributed by atoms with van der Waals surface area (Å²) in [6.07, 6.45) is 2.30. The highest BCUT2D eigenvalue weighted by atomic mass is 32.2. The van der Waals surface area contributed by atoms with Crippen molar-refractivity contribution in [3.8, 4) is 11.5 Å². The van der Waals surface area contributed by atoms with Gasteiger partial charge in [-0.25, -0.2) is 4.99 Å². The fourth-order valence-corrected chi connectivity index (χ4v) is 5.40. The first-order valence-corrected chi connectivity index (χ1v) is 9.94. The Morgan fingerprint density at radius 3 is 2.73 bits per heavy atom. The molecular weight excluding hydrogens is 350 g/mol. The molecule has 2 fully saturated rings. The van der Waals surface area contributed by atoms with Crippen LogP contribution in [0.25, 0.3) is 0 Å². The molecule has 0 unspecified atom stereocenters. The van der Waals surface area contributed by atoms with Crippen LogP contribution in [0.1, 0.15) is 24.4 Å². The van der Waals surface area contributed by atoms with Gasteiger partial charge in [0, 0.05) is 24.6 Å². The third kappa shape index (κ3) is 2.19. The second kappa shape index (κ2) is 5.94. The molecule has 1 atom stereocenters. The van der Waals surface area contributed by atoms with Crippen LogP contribution >= 0.6 is 11.8 Å². The van der Waals surface area contributed by atoms with E-state index in [2.05, 4.69) is 4.90 Å². The number of ether oxygens (including phenoxy) is 2. The van der Waals surface area contributed by atoms with E-state index in [1.807, 2.05) is 23.1 Å². The summed E-state index contributed by atoms with van der Waals surface area (Å²) in [6, 6.07) is 5.62. The Kier molecular flexibility index (Phi) is 3.67. The highest BCUT2D eigenvalue weighted by molar-refractivity contribution is 8.15. The Hall–Kier alpha value is -2.15. The van der Waals surface area contributed by atoms with Crippen molar-refractivity contribution in [2.24, 2.45) is 10.9 Å². The van der Waals surface area contributed by atoms with Crippen LogP contribution in [0.15, 0.2) is 34.6 Å². The van der Waals surface area contributed by atoms with Crippen LogP contribution in [0.3, 0.4) is 0 Å².